The van der Waals surface area contributed by atoms with Crippen molar-refractivity contribution in [2.45, 2.75) is 19.8 Å². The Balaban J connectivity index is 3.29. The topological polar surface area (TPSA) is 45.9 Å². The zero-order chi connectivity index (χ0) is 9.84. The van der Waals surface area contributed by atoms with E-state index in [2.05, 4.69) is 11.1 Å². The number of nitriles is 1. The second kappa shape index (κ2) is 3.90. The van der Waals surface area contributed by atoms with Crippen LogP contribution in [0.5, 0.6) is 5.88 Å². The maximum absolute atomic E-state index is 8.91. The normalized spacial score (nSPS) is 9.77. The third kappa shape index (κ3) is 1.78. The Morgan fingerprint density at radius 1 is 1.54 bits per heavy atom. The molecule has 0 unspecified atom stereocenters. The van der Waals surface area contributed by atoms with E-state index >= 15 is 0 Å². The molecule has 0 aliphatic heterocycles. The summed E-state index contributed by atoms with van der Waals surface area (Å²) in [6, 6.07) is 3.96. The van der Waals surface area contributed by atoms with Crippen molar-refractivity contribution in [1.29, 1.82) is 5.26 Å². The zero-order valence-corrected chi connectivity index (χ0v) is 8.03. The first-order valence-electron chi connectivity index (χ1n) is 4.13. The lowest BCUT2D eigenvalue weighted by Gasteiger charge is -2.09. The van der Waals surface area contributed by atoms with Crippen LogP contribution in [0.4, 0.5) is 0 Å². The Hall–Kier alpha value is -1.56. The SMILES string of the molecule is COc1nccc(C(C)C)c1C#N. The van der Waals surface area contributed by atoms with Crippen LogP contribution in [0.1, 0.15) is 30.9 Å². The molecule has 0 aliphatic carbocycles. The average Bonchev–Trinajstić information content (AvgIpc) is 2.16. The van der Waals surface area contributed by atoms with E-state index in [-0.39, 0.29) is 0 Å². The van der Waals surface area contributed by atoms with Gasteiger partial charge in [-0.3, -0.25) is 0 Å². The van der Waals surface area contributed by atoms with Gasteiger partial charge in [-0.15, -0.1) is 0 Å². The summed E-state index contributed by atoms with van der Waals surface area (Å²) in [5.74, 6) is 0.722. The van der Waals surface area contributed by atoms with Gasteiger partial charge in [0, 0.05) is 6.20 Å². The molecule has 1 aromatic heterocycles. The van der Waals surface area contributed by atoms with Crippen molar-refractivity contribution >= 4 is 0 Å². The molecule has 1 heterocycles. The van der Waals surface area contributed by atoms with Crippen molar-refractivity contribution in [2.24, 2.45) is 0 Å². The van der Waals surface area contributed by atoms with Crippen LogP contribution in [-0.4, -0.2) is 12.1 Å². The molecule has 0 aromatic carbocycles. The van der Waals surface area contributed by atoms with Crippen molar-refractivity contribution in [1.82, 2.24) is 4.98 Å². The molecule has 0 aliphatic rings. The van der Waals surface area contributed by atoms with Crippen LogP contribution < -0.4 is 4.74 Å². The fourth-order valence-corrected chi connectivity index (χ4v) is 1.20. The van der Waals surface area contributed by atoms with Crippen LogP contribution in [-0.2, 0) is 0 Å². The van der Waals surface area contributed by atoms with Gasteiger partial charge in [-0.1, -0.05) is 13.8 Å². The summed E-state index contributed by atoms with van der Waals surface area (Å²) < 4.78 is 4.99. The first-order valence-corrected chi connectivity index (χ1v) is 4.13. The number of ether oxygens (including phenoxy) is 1. The van der Waals surface area contributed by atoms with Crippen LogP contribution in [0, 0.1) is 11.3 Å². The van der Waals surface area contributed by atoms with Gasteiger partial charge in [-0.2, -0.15) is 5.26 Å². The largest absolute Gasteiger partial charge is 0.480 e. The van der Waals surface area contributed by atoms with Crippen molar-refractivity contribution in [2.75, 3.05) is 7.11 Å². The van der Waals surface area contributed by atoms with Gasteiger partial charge < -0.3 is 4.74 Å². The van der Waals surface area contributed by atoms with Crippen LogP contribution in [0.2, 0.25) is 0 Å². The maximum atomic E-state index is 8.91. The Morgan fingerprint density at radius 2 is 2.23 bits per heavy atom. The quantitative estimate of drug-likeness (QED) is 0.693. The lowest BCUT2D eigenvalue weighted by atomic mass is 10.00. The van der Waals surface area contributed by atoms with Crippen molar-refractivity contribution in [3.63, 3.8) is 0 Å². The monoisotopic (exact) mass is 176 g/mol. The first kappa shape index (κ1) is 9.53. The van der Waals surface area contributed by atoms with Gasteiger partial charge in [0.1, 0.15) is 11.6 Å². The average molecular weight is 176 g/mol. The van der Waals surface area contributed by atoms with Gasteiger partial charge in [-0.05, 0) is 17.5 Å². The van der Waals surface area contributed by atoms with E-state index in [1.54, 1.807) is 6.20 Å². The molecule has 0 N–H and O–H groups in total. The smallest absolute Gasteiger partial charge is 0.231 e. The molecular weight excluding hydrogens is 164 g/mol. The molecule has 0 saturated carbocycles. The van der Waals surface area contributed by atoms with Crippen LogP contribution in [0.15, 0.2) is 12.3 Å². The highest BCUT2D eigenvalue weighted by Crippen LogP contribution is 2.24. The highest BCUT2D eigenvalue weighted by atomic mass is 16.5. The molecule has 0 radical (unpaired) electrons. The summed E-state index contributed by atoms with van der Waals surface area (Å²) in [7, 11) is 1.52. The molecule has 1 rings (SSSR count). The predicted molar refractivity (Wildman–Crippen MR) is 49.6 cm³/mol. The van der Waals surface area contributed by atoms with E-state index in [0.717, 1.165) is 5.56 Å². The molecule has 13 heavy (non-hydrogen) atoms. The van der Waals surface area contributed by atoms with Gasteiger partial charge in [0.15, 0.2) is 0 Å². The van der Waals surface area contributed by atoms with Crippen LogP contribution in [0.25, 0.3) is 0 Å². The van der Waals surface area contributed by atoms with E-state index in [1.165, 1.54) is 7.11 Å². The Morgan fingerprint density at radius 3 is 2.69 bits per heavy atom. The number of methoxy groups -OCH3 is 1. The summed E-state index contributed by atoms with van der Waals surface area (Å²) in [4.78, 5) is 3.97. The van der Waals surface area contributed by atoms with Gasteiger partial charge in [0.25, 0.3) is 0 Å². The molecule has 0 saturated heterocycles. The Kier molecular flexibility index (Phi) is 2.86. The molecule has 0 spiro atoms. The number of hydrogen-bond donors (Lipinski definition) is 0. The standard InChI is InChI=1S/C10H12N2O/c1-7(2)8-4-5-12-10(13-3)9(8)6-11/h4-5,7H,1-3H3. The number of nitrogens with zero attached hydrogens (tertiary/aromatic N) is 2. The fraction of sp³-hybridized carbons (Fsp3) is 0.400. The van der Waals surface area contributed by atoms with Gasteiger partial charge in [-0.25, -0.2) is 4.98 Å². The van der Waals surface area contributed by atoms with E-state index in [4.69, 9.17) is 10.00 Å². The number of pyridine rings is 1. The minimum absolute atomic E-state index is 0.312. The summed E-state index contributed by atoms with van der Waals surface area (Å²) in [6.45, 7) is 4.07. The Labute approximate surface area is 78.0 Å². The molecular formula is C10H12N2O. The Bertz CT molecular complexity index is 339. The van der Waals surface area contributed by atoms with Crippen molar-refractivity contribution in [3.05, 3.63) is 23.4 Å². The maximum Gasteiger partial charge on any atom is 0.231 e. The predicted octanol–water partition coefficient (Wildman–Crippen LogP) is 2.09. The summed E-state index contributed by atoms with van der Waals surface area (Å²) >= 11 is 0. The minimum atomic E-state index is 0.312. The van der Waals surface area contributed by atoms with Gasteiger partial charge >= 0.3 is 0 Å². The summed E-state index contributed by atoms with van der Waals surface area (Å²) in [5, 5.41) is 8.91. The van der Waals surface area contributed by atoms with E-state index < -0.39 is 0 Å². The molecule has 0 fully saturated rings. The third-order valence-electron chi connectivity index (χ3n) is 1.88. The van der Waals surface area contributed by atoms with Crippen molar-refractivity contribution in [3.8, 4) is 11.9 Å². The van der Waals surface area contributed by atoms with Crippen molar-refractivity contribution < 1.29 is 4.74 Å². The number of aromatic nitrogens is 1. The number of rotatable bonds is 2. The van der Waals surface area contributed by atoms with E-state index in [1.807, 2.05) is 19.9 Å². The summed E-state index contributed by atoms with van der Waals surface area (Å²) in [6.07, 6.45) is 1.66. The molecule has 3 heteroatoms. The molecule has 3 nitrogen and oxygen atoms in total. The highest BCUT2D eigenvalue weighted by Gasteiger charge is 2.11. The van der Waals surface area contributed by atoms with Gasteiger partial charge in [0.05, 0.1) is 7.11 Å². The molecule has 0 atom stereocenters. The second-order valence-corrected chi connectivity index (χ2v) is 3.05. The van der Waals surface area contributed by atoms with E-state index in [0.29, 0.717) is 17.4 Å². The number of hydrogen-bond acceptors (Lipinski definition) is 3. The molecule has 0 amide bonds. The second-order valence-electron chi connectivity index (χ2n) is 3.05. The van der Waals surface area contributed by atoms with Gasteiger partial charge in [0.2, 0.25) is 5.88 Å². The highest BCUT2D eigenvalue weighted by molar-refractivity contribution is 5.45. The fourth-order valence-electron chi connectivity index (χ4n) is 1.20. The lowest BCUT2D eigenvalue weighted by Crippen LogP contribution is -1.98. The minimum Gasteiger partial charge on any atom is -0.480 e. The first-order chi connectivity index (χ1) is 6.20. The molecule has 68 valence electrons. The molecule has 0 bridgehead atoms. The third-order valence-corrected chi connectivity index (χ3v) is 1.88. The lowest BCUT2D eigenvalue weighted by molar-refractivity contribution is 0.395. The van der Waals surface area contributed by atoms with E-state index in [9.17, 15) is 0 Å². The molecule has 1 aromatic rings. The zero-order valence-electron chi connectivity index (χ0n) is 8.03. The van der Waals surface area contributed by atoms with Crippen LogP contribution in [0.3, 0.4) is 0 Å². The van der Waals surface area contributed by atoms with Crippen LogP contribution >= 0.6 is 0 Å². The summed E-state index contributed by atoms with van der Waals surface area (Å²) in [5.41, 5.74) is 1.52.